The molecule has 0 aromatic heterocycles. The van der Waals surface area contributed by atoms with Crippen LogP contribution < -0.4 is 15.4 Å². The number of piperidine rings is 1. The Labute approximate surface area is 265 Å². The van der Waals surface area contributed by atoms with E-state index in [1.165, 1.54) is 7.11 Å². The van der Waals surface area contributed by atoms with E-state index in [1.54, 1.807) is 12.1 Å². The Kier molecular flexibility index (Phi) is 8.50. The Bertz CT molecular complexity index is 1560. The maximum atomic E-state index is 13.1. The molecule has 3 aromatic rings. The quantitative estimate of drug-likeness (QED) is 0.152. The molecule has 3 aliphatic heterocycles. The minimum absolute atomic E-state index is 0.122. The molecule has 0 aliphatic carbocycles. The number of methoxy groups -OCH3 is 1. The number of anilines is 2. The molecule has 6 rings (SSSR count). The lowest BCUT2D eigenvalue weighted by Gasteiger charge is -2.45. The van der Waals surface area contributed by atoms with Gasteiger partial charge in [-0.1, -0.05) is 36.4 Å². The highest BCUT2D eigenvalue weighted by atomic mass is 79.9. The van der Waals surface area contributed by atoms with E-state index < -0.39 is 6.09 Å². The molecule has 1 unspecified atom stereocenters. The van der Waals surface area contributed by atoms with Gasteiger partial charge in [0.05, 0.1) is 38.1 Å². The number of halogens is 1. The molecule has 5 atom stereocenters. The molecule has 3 heterocycles. The van der Waals surface area contributed by atoms with Gasteiger partial charge in [-0.25, -0.2) is 4.79 Å². The summed E-state index contributed by atoms with van der Waals surface area (Å²) in [6, 6.07) is 19.8. The summed E-state index contributed by atoms with van der Waals surface area (Å²) in [5.41, 5.74) is 4.55. The number of hydrogen-bond donors (Lipinski definition) is 2. The fourth-order valence-electron chi connectivity index (χ4n) is 6.90. The first-order valence-corrected chi connectivity index (χ1v) is 15.7. The fourth-order valence-corrected chi connectivity index (χ4v) is 7.36. The molecule has 44 heavy (non-hydrogen) atoms. The van der Waals surface area contributed by atoms with E-state index in [4.69, 9.17) is 14.2 Å². The first kappa shape index (κ1) is 30.3. The third kappa shape index (κ3) is 6.11. The van der Waals surface area contributed by atoms with E-state index in [9.17, 15) is 14.4 Å². The standard InChI is InChI=1S/C34H36BrN3O6/c1-38(2)28-16-23(17-29(38)33-32(28)44-33)43-34(41)37-26-13-12-20(14-24(26)21-9-5-4-6-10-21)8-7-11-31(40)36-27-18-30(42-3)22(19-39)15-25(27)35/h4-6,9-10,12-15,18-19,23,28-29,32-33H,7-8,11,16-17H2,1-3H3,(H-,36,37,39,40,41)/p+1/t23?,28-,29+,32-,33+. The Morgan fingerprint density at radius 1 is 1.00 bits per heavy atom. The number of amides is 2. The largest absolute Gasteiger partial charge is 0.496 e. The van der Waals surface area contributed by atoms with Crippen molar-refractivity contribution in [2.75, 3.05) is 31.8 Å². The van der Waals surface area contributed by atoms with Gasteiger partial charge in [-0.05, 0) is 58.1 Å². The van der Waals surface area contributed by atoms with E-state index >= 15 is 0 Å². The number of nitrogens with one attached hydrogen (secondary N) is 2. The molecular formula is C34H37BrN3O6+. The Hall–Kier alpha value is -3.73. The molecule has 3 aromatic carbocycles. The van der Waals surface area contributed by atoms with Crippen molar-refractivity contribution in [3.63, 3.8) is 0 Å². The molecule has 3 fully saturated rings. The highest BCUT2D eigenvalue weighted by Gasteiger charge is 2.70. The SMILES string of the molecule is COc1cc(NC(=O)CCCc2ccc(NC(=O)OC3C[C@@H]4[C@H]5O[C@H]5[C@H](C3)[N+]4(C)C)c(-c3ccccc3)c2)c(Br)cc1C=O. The summed E-state index contributed by atoms with van der Waals surface area (Å²) in [7, 11) is 5.99. The summed E-state index contributed by atoms with van der Waals surface area (Å²) in [5.74, 6) is 0.253. The Balaban J connectivity index is 1.08. The van der Waals surface area contributed by atoms with Gasteiger partial charge in [0.25, 0.3) is 0 Å². The van der Waals surface area contributed by atoms with E-state index in [0.29, 0.717) is 77.0 Å². The van der Waals surface area contributed by atoms with Crippen LogP contribution in [0.3, 0.4) is 0 Å². The summed E-state index contributed by atoms with van der Waals surface area (Å²) in [6.07, 6.45) is 3.98. The summed E-state index contributed by atoms with van der Waals surface area (Å²) < 4.78 is 18.6. The zero-order chi connectivity index (χ0) is 31.0. The van der Waals surface area contributed by atoms with E-state index in [0.717, 1.165) is 34.0 Å². The summed E-state index contributed by atoms with van der Waals surface area (Å²) >= 11 is 3.41. The number of hydrogen-bond acceptors (Lipinski definition) is 6. The van der Waals surface area contributed by atoms with E-state index in [-0.39, 0.29) is 12.0 Å². The molecule has 9 nitrogen and oxygen atoms in total. The molecule has 3 aliphatic rings. The molecular weight excluding hydrogens is 626 g/mol. The molecule has 230 valence electrons. The van der Waals surface area contributed by atoms with Crippen molar-refractivity contribution in [1.82, 2.24) is 0 Å². The van der Waals surface area contributed by atoms with Crippen molar-refractivity contribution in [1.29, 1.82) is 0 Å². The van der Waals surface area contributed by atoms with Crippen LogP contribution in [0.2, 0.25) is 0 Å². The smallest absolute Gasteiger partial charge is 0.411 e. The second kappa shape index (κ2) is 12.3. The van der Waals surface area contributed by atoms with Crippen molar-refractivity contribution < 1.29 is 33.1 Å². The molecule has 0 radical (unpaired) electrons. The van der Waals surface area contributed by atoms with Crippen LogP contribution in [0.25, 0.3) is 11.1 Å². The lowest BCUT2D eigenvalue weighted by molar-refractivity contribution is -0.938. The van der Waals surface area contributed by atoms with Crippen LogP contribution in [0.15, 0.2) is 65.1 Å². The lowest BCUT2D eigenvalue weighted by atomic mass is 9.96. The summed E-state index contributed by atoms with van der Waals surface area (Å²) in [5, 5.41) is 5.89. The number of ether oxygens (including phenoxy) is 3. The molecule has 2 amide bonds. The van der Waals surface area contributed by atoms with Crippen molar-refractivity contribution in [2.45, 2.75) is 62.5 Å². The van der Waals surface area contributed by atoms with Crippen LogP contribution in [0.1, 0.15) is 41.6 Å². The number of aldehydes is 1. The van der Waals surface area contributed by atoms with Gasteiger partial charge in [0, 0.05) is 35.4 Å². The predicted molar refractivity (Wildman–Crippen MR) is 171 cm³/mol. The number of morpholine rings is 1. The number of nitrogens with zero attached hydrogens (tertiary/aromatic N) is 1. The topological polar surface area (TPSA) is 106 Å². The second-order valence-corrected chi connectivity index (χ2v) is 13.1. The van der Waals surface area contributed by atoms with Gasteiger partial charge in [0.15, 0.2) is 6.29 Å². The third-order valence-corrected chi connectivity index (χ3v) is 9.96. The van der Waals surface area contributed by atoms with Gasteiger partial charge in [0.1, 0.15) is 36.1 Å². The minimum Gasteiger partial charge on any atom is -0.496 e. The first-order valence-electron chi connectivity index (χ1n) is 14.9. The van der Waals surface area contributed by atoms with Gasteiger partial charge in [-0.2, -0.15) is 0 Å². The zero-order valence-electron chi connectivity index (χ0n) is 25.0. The number of aryl methyl sites for hydroxylation is 1. The predicted octanol–water partition coefficient (Wildman–Crippen LogP) is 6.20. The van der Waals surface area contributed by atoms with Crippen LogP contribution in [0, 0.1) is 0 Å². The normalized spacial score (nSPS) is 24.1. The molecule has 10 heteroatoms. The summed E-state index contributed by atoms with van der Waals surface area (Å²) in [4.78, 5) is 37.1. The minimum atomic E-state index is -0.443. The number of carbonyl (C=O) groups excluding carboxylic acids is 3. The highest BCUT2D eigenvalue weighted by molar-refractivity contribution is 9.10. The fraction of sp³-hybridized carbons (Fsp3) is 0.382. The number of quaternary nitrogens is 1. The van der Waals surface area contributed by atoms with Crippen molar-refractivity contribution in [3.05, 3.63) is 76.3 Å². The van der Waals surface area contributed by atoms with Crippen LogP contribution in [-0.4, -0.2) is 74.4 Å². The molecule has 3 saturated heterocycles. The van der Waals surface area contributed by atoms with E-state index in [2.05, 4.69) is 46.7 Å². The Morgan fingerprint density at radius 3 is 2.41 bits per heavy atom. The van der Waals surface area contributed by atoms with Crippen LogP contribution >= 0.6 is 15.9 Å². The molecule has 2 N–H and O–H groups in total. The lowest BCUT2D eigenvalue weighted by Crippen LogP contribution is -2.60. The van der Waals surface area contributed by atoms with Crippen LogP contribution in [0.5, 0.6) is 5.75 Å². The maximum absolute atomic E-state index is 13.1. The summed E-state index contributed by atoms with van der Waals surface area (Å²) in [6.45, 7) is 0. The number of likely N-dealkylation sites (N-methyl/N-ethyl adjacent to an activating group) is 1. The molecule has 2 bridgehead atoms. The second-order valence-electron chi connectivity index (χ2n) is 12.3. The number of benzene rings is 3. The maximum Gasteiger partial charge on any atom is 0.411 e. The van der Waals surface area contributed by atoms with Crippen molar-refractivity contribution in [2.24, 2.45) is 0 Å². The van der Waals surface area contributed by atoms with Gasteiger partial charge in [-0.15, -0.1) is 0 Å². The van der Waals surface area contributed by atoms with Gasteiger partial charge in [-0.3, -0.25) is 14.9 Å². The monoisotopic (exact) mass is 662 g/mol. The zero-order valence-corrected chi connectivity index (χ0v) is 26.6. The number of epoxide rings is 1. The van der Waals surface area contributed by atoms with Gasteiger partial charge < -0.3 is 24.0 Å². The van der Waals surface area contributed by atoms with Crippen molar-refractivity contribution >= 4 is 45.6 Å². The highest BCUT2D eigenvalue weighted by Crippen LogP contribution is 2.51. The average molecular weight is 664 g/mol. The molecule has 0 saturated carbocycles. The Morgan fingerprint density at radius 2 is 1.73 bits per heavy atom. The third-order valence-electron chi connectivity index (χ3n) is 9.31. The number of carbonyl (C=O) groups is 3. The first-order chi connectivity index (χ1) is 21.2. The average Bonchev–Trinajstić information content (AvgIpc) is 3.78. The molecule has 0 spiro atoms. The van der Waals surface area contributed by atoms with E-state index in [1.807, 2.05) is 42.5 Å². The van der Waals surface area contributed by atoms with Gasteiger partial charge in [0.2, 0.25) is 5.91 Å². The van der Waals surface area contributed by atoms with Crippen molar-refractivity contribution in [3.8, 4) is 16.9 Å². The number of rotatable bonds is 10. The van der Waals surface area contributed by atoms with Crippen LogP contribution in [-0.2, 0) is 20.7 Å². The van der Waals surface area contributed by atoms with Gasteiger partial charge >= 0.3 is 6.09 Å². The van der Waals surface area contributed by atoms with Crippen LogP contribution in [0.4, 0.5) is 16.2 Å². The number of fused-ring (bicyclic) bond motifs is 5.